The van der Waals surface area contributed by atoms with Gasteiger partial charge in [0.05, 0.1) is 24.5 Å². The predicted molar refractivity (Wildman–Crippen MR) is 117 cm³/mol. The molecule has 7 heteroatoms. The topological polar surface area (TPSA) is 74.4 Å². The van der Waals surface area contributed by atoms with E-state index < -0.39 is 29.4 Å². The third kappa shape index (κ3) is 2.88. The van der Waals surface area contributed by atoms with Crippen molar-refractivity contribution < 1.29 is 18.7 Å². The SMILES string of the molecule is O=C(Nc1cccc(F)c1)[C@H]1[C@H]2C=C[C@@]3(CN(CCc4c[nH]c5ccccc45)C(=O)[C@@H]13)O2. The maximum Gasteiger partial charge on any atom is 0.231 e. The van der Waals surface area contributed by atoms with Crippen LogP contribution in [-0.4, -0.2) is 46.5 Å². The van der Waals surface area contributed by atoms with Gasteiger partial charge in [-0.15, -0.1) is 0 Å². The number of carbonyl (C=O) groups excluding carboxylic acids is 2. The van der Waals surface area contributed by atoms with E-state index in [0.717, 1.165) is 16.5 Å². The number of ether oxygens (including phenoxy) is 1. The van der Waals surface area contributed by atoms with Gasteiger partial charge in [-0.05, 0) is 36.2 Å². The zero-order valence-electron chi connectivity index (χ0n) is 17.3. The first-order chi connectivity index (χ1) is 15.5. The summed E-state index contributed by atoms with van der Waals surface area (Å²) in [5.41, 5.74) is 1.84. The molecule has 162 valence electrons. The zero-order chi connectivity index (χ0) is 21.9. The Morgan fingerprint density at radius 1 is 1.25 bits per heavy atom. The van der Waals surface area contributed by atoms with Crippen molar-refractivity contribution in [1.29, 1.82) is 0 Å². The average Bonchev–Trinajstić information content (AvgIpc) is 3.52. The number of fused-ring (bicyclic) bond motifs is 2. The highest BCUT2D eigenvalue weighted by Gasteiger charge is 2.66. The van der Waals surface area contributed by atoms with Crippen molar-refractivity contribution >= 4 is 28.4 Å². The summed E-state index contributed by atoms with van der Waals surface area (Å²) in [5.74, 6) is -1.99. The van der Waals surface area contributed by atoms with Gasteiger partial charge in [0, 0.05) is 29.3 Å². The standard InChI is InChI=1S/C25H22FN3O3/c26-16-4-3-5-17(12-16)28-23(30)21-20-8-10-25(32-20)14-29(24(31)22(21)25)11-9-15-13-27-19-7-2-1-6-18(15)19/h1-8,10,12-13,20-22,27H,9,11,14H2,(H,28,30)/t20-,21+,22-,25+/m1/s1. The molecule has 2 N–H and O–H groups in total. The molecule has 6 rings (SSSR count). The molecule has 0 saturated carbocycles. The summed E-state index contributed by atoms with van der Waals surface area (Å²) in [5, 5.41) is 3.92. The molecule has 1 aromatic heterocycles. The smallest absolute Gasteiger partial charge is 0.231 e. The summed E-state index contributed by atoms with van der Waals surface area (Å²) in [6.07, 6.45) is 6.09. The van der Waals surface area contributed by atoms with Crippen LogP contribution in [0.25, 0.3) is 10.9 Å². The molecule has 1 spiro atoms. The van der Waals surface area contributed by atoms with E-state index >= 15 is 0 Å². The lowest BCUT2D eigenvalue weighted by atomic mass is 9.77. The zero-order valence-corrected chi connectivity index (χ0v) is 17.3. The average molecular weight is 431 g/mol. The molecule has 2 bridgehead atoms. The highest BCUT2D eigenvalue weighted by atomic mass is 19.1. The number of aromatic nitrogens is 1. The van der Waals surface area contributed by atoms with Crippen molar-refractivity contribution in [3.05, 3.63) is 78.3 Å². The lowest BCUT2D eigenvalue weighted by Crippen LogP contribution is -2.41. The van der Waals surface area contributed by atoms with E-state index in [1.807, 2.05) is 36.5 Å². The third-order valence-electron chi connectivity index (χ3n) is 6.90. The second-order valence-corrected chi connectivity index (χ2v) is 8.77. The second kappa shape index (κ2) is 7.03. The molecule has 0 unspecified atom stereocenters. The van der Waals surface area contributed by atoms with Gasteiger partial charge in [-0.3, -0.25) is 9.59 Å². The molecule has 3 aromatic rings. The Kier molecular flexibility index (Phi) is 4.23. The van der Waals surface area contributed by atoms with Crippen molar-refractivity contribution in [3.8, 4) is 0 Å². The Balaban J connectivity index is 1.20. The van der Waals surface area contributed by atoms with Crippen LogP contribution in [-0.2, 0) is 20.7 Å². The minimum absolute atomic E-state index is 0.0592. The Labute approximate surface area is 184 Å². The number of para-hydroxylation sites is 1. The van der Waals surface area contributed by atoms with Crippen LogP contribution in [0.1, 0.15) is 5.56 Å². The van der Waals surface area contributed by atoms with Crippen LogP contribution in [0.5, 0.6) is 0 Å². The number of nitrogens with zero attached hydrogens (tertiary/aromatic N) is 1. The monoisotopic (exact) mass is 431 g/mol. The molecule has 2 saturated heterocycles. The van der Waals surface area contributed by atoms with Crippen molar-refractivity contribution in [1.82, 2.24) is 9.88 Å². The van der Waals surface area contributed by atoms with Crippen molar-refractivity contribution in [2.24, 2.45) is 11.8 Å². The molecule has 2 aromatic carbocycles. The largest absolute Gasteiger partial charge is 0.361 e. The van der Waals surface area contributed by atoms with E-state index in [0.29, 0.717) is 25.2 Å². The number of benzene rings is 2. The minimum Gasteiger partial charge on any atom is -0.361 e. The molecular weight excluding hydrogens is 409 g/mol. The number of nitrogens with one attached hydrogen (secondary N) is 2. The second-order valence-electron chi connectivity index (χ2n) is 8.77. The maximum absolute atomic E-state index is 13.5. The van der Waals surface area contributed by atoms with Gasteiger partial charge in [0.1, 0.15) is 11.4 Å². The number of anilines is 1. The van der Waals surface area contributed by atoms with Crippen molar-refractivity contribution in [3.63, 3.8) is 0 Å². The fourth-order valence-electron chi connectivity index (χ4n) is 5.45. The Bertz CT molecular complexity index is 1270. The van der Waals surface area contributed by atoms with Gasteiger partial charge in [-0.2, -0.15) is 0 Å². The summed E-state index contributed by atoms with van der Waals surface area (Å²) in [6, 6.07) is 13.8. The molecular formula is C25H22FN3O3. The summed E-state index contributed by atoms with van der Waals surface area (Å²) >= 11 is 0. The third-order valence-corrected chi connectivity index (χ3v) is 6.90. The van der Waals surface area contributed by atoms with Crippen LogP contribution in [0.4, 0.5) is 10.1 Å². The number of hydrogen-bond donors (Lipinski definition) is 2. The van der Waals surface area contributed by atoms with E-state index in [1.165, 1.54) is 18.2 Å². The number of hydrogen-bond acceptors (Lipinski definition) is 3. The lowest BCUT2D eigenvalue weighted by Gasteiger charge is -2.23. The van der Waals surface area contributed by atoms with E-state index in [4.69, 9.17) is 4.74 Å². The number of halogens is 1. The molecule has 2 fully saturated rings. The molecule has 3 aliphatic rings. The summed E-state index contributed by atoms with van der Waals surface area (Å²) in [6.45, 7) is 0.995. The van der Waals surface area contributed by atoms with Gasteiger partial charge >= 0.3 is 0 Å². The number of amides is 2. The number of carbonyl (C=O) groups is 2. The van der Waals surface area contributed by atoms with Crippen LogP contribution in [0.2, 0.25) is 0 Å². The van der Waals surface area contributed by atoms with Crippen LogP contribution in [0.3, 0.4) is 0 Å². The van der Waals surface area contributed by atoms with Gasteiger partial charge in [-0.25, -0.2) is 4.39 Å². The molecule has 32 heavy (non-hydrogen) atoms. The number of likely N-dealkylation sites (tertiary alicyclic amines) is 1. The lowest BCUT2D eigenvalue weighted by molar-refractivity contribution is -0.135. The van der Waals surface area contributed by atoms with Crippen LogP contribution in [0.15, 0.2) is 66.9 Å². The Morgan fingerprint density at radius 2 is 2.12 bits per heavy atom. The van der Waals surface area contributed by atoms with Crippen molar-refractivity contribution in [2.45, 2.75) is 18.1 Å². The van der Waals surface area contributed by atoms with Crippen LogP contribution in [0, 0.1) is 17.7 Å². The van der Waals surface area contributed by atoms with Gasteiger partial charge in [-0.1, -0.05) is 36.4 Å². The minimum atomic E-state index is -0.758. The highest BCUT2D eigenvalue weighted by molar-refractivity contribution is 5.99. The first-order valence-corrected chi connectivity index (χ1v) is 10.8. The molecule has 4 atom stereocenters. The van der Waals surface area contributed by atoms with Gasteiger partial charge in [0.2, 0.25) is 11.8 Å². The quantitative estimate of drug-likeness (QED) is 0.609. The molecule has 0 radical (unpaired) electrons. The predicted octanol–water partition coefficient (Wildman–Crippen LogP) is 3.27. The molecule has 4 heterocycles. The summed E-state index contributed by atoms with van der Waals surface area (Å²) in [4.78, 5) is 31.5. The van der Waals surface area contributed by atoms with Crippen LogP contribution < -0.4 is 5.32 Å². The summed E-state index contributed by atoms with van der Waals surface area (Å²) in [7, 11) is 0. The van der Waals surface area contributed by atoms with E-state index in [1.54, 1.807) is 11.0 Å². The van der Waals surface area contributed by atoms with E-state index in [2.05, 4.69) is 16.4 Å². The van der Waals surface area contributed by atoms with Crippen LogP contribution >= 0.6 is 0 Å². The van der Waals surface area contributed by atoms with E-state index in [9.17, 15) is 14.0 Å². The molecule has 0 aliphatic carbocycles. The number of aromatic amines is 1. The van der Waals surface area contributed by atoms with Crippen molar-refractivity contribution in [2.75, 3.05) is 18.4 Å². The Hall–Kier alpha value is -3.45. The van der Waals surface area contributed by atoms with E-state index in [-0.39, 0.29) is 11.8 Å². The summed E-state index contributed by atoms with van der Waals surface area (Å²) < 4.78 is 19.7. The Morgan fingerprint density at radius 3 is 3.00 bits per heavy atom. The maximum atomic E-state index is 13.5. The van der Waals surface area contributed by atoms with Gasteiger partial charge in [0.15, 0.2) is 0 Å². The fraction of sp³-hybridized carbons (Fsp3) is 0.280. The number of rotatable bonds is 5. The fourth-order valence-corrected chi connectivity index (χ4v) is 5.45. The normalized spacial score (nSPS) is 28.0. The highest BCUT2D eigenvalue weighted by Crippen LogP contribution is 2.52. The molecule has 2 amide bonds. The molecule has 3 aliphatic heterocycles. The van der Waals surface area contributed by atoms with Gasteiger partial charge in [0.25, 0.3) is 0 Å². The van der Waals surface area contributed by atoms with Gasteiger partial charge < -0.3 is 19.9 Å². The number of H-pyrrole nitrogens is 1. The molecule has 6 nitrogen and oxygen atoms in total. The first kappa shape index (κ1) is 19.3. The first-order valence-electron chi connectivity index (χ1n) is 10.8.